The van der Waals surface area contributed by atoms with Crippen molar-refractivity contribution in [3.63, 3.8) is 0 Å². The molecule has 100 valence electrons. The average molecular weight is 253 g/mol. The van der Waals surface area contributed by atoms with Gasteiger partial charge in [0, 0.05) is 6.54 Å². The van der Waals surface area contributed by atoms with Gasteiger partial charge in [0.05, 0.1) is 0 Å². The summed E-state index contributed by atoms with van der Waals surface area (Å²) in [5.41, 5.74) is 0. The van der Waals surface area contributed by atoms with Crippen LogP contribution in [0.4, 0.5) is 18.0 Å². The predicted octanol–water partition coefficient (Wildman–Crippen LogP) is 3.10. The average Bonchev–Trinajstić information content (AvgIpc) is 2.25. The van der Waals surface area contributed by atoms with Gasteiger partial charge in [-0.2, -0.15) is 13.2 Å². The largest absolute Gasteiger partial charge is 0.440 e. The maximum Gasteiger partial charge on any atom is 0.422 e. The first kappa shape index (κ1) is 14.1. The summed E-state index contributed by atoms with van der Waals surface area (Å²) < 4.78 is 39.3. The second-order valence-corrected chi connectivity index (χ2v) is 4.70. The summed E-state index contributed by atoms with van der Waals surface area (Å²) in [5, 5.41) is 2.38. The fourth-order valence-electron chi connectivity index (χ4n) is 1.96. The molecule has 0 saturated heterocycles. The molecule has 0 aliphatic heterocycles. The number of alkyl halides is 3. The molecular weight excluding hydrogens is 235 g/mol. The first-order valence-corrected chi connectivity index (χ1v) is 5.84. The molecule has 0 heterocycles. The van der Waals surface area contributed by atoms with E-state index in [0.29, 0.717) is 18.4 Å². The number of rotatable bonds is 3. The van der Waals surface area contributed by atoms with Gasteiger partial charge in [-0.3, -0.25) is 0 Å². The van der Waals surface area contributed by atoms with E-state index in [1.807, 2.05) is 0 Å². The molecular formula is C11H18F3NO2. The molecule has 0 spiro atoms. The highest BCUT2D eigenvalue weighted by atomic mass is 19.4. The van der Waals surface area contributed by atoms with Crippen molar-refractivity contribution >= 4 is 6.09 Å². The molecule has 0 aromatic carbocycles. The summed E-state index contributed by atoms with van der Waals surface area (Å²) in [5.74, 6) is 1.08. The number of nitrogens with one attached hydrogen (secondary N) is 1. The summed E-state index contributed by atoms with van der Waals surface area (Å²) in [6, 6.07) is 0. The minimum absolute atomic E-state index is 0.365. The third-order valence-electron chi connectivity index (χ3n) is 3.04. The monoisotopic (exact) mass is 253 g/mol. The molecule has 1 aliphatic rings. The van der Waals surface area contributed by atoms with Gasteiger partial charge >= 0.3 is 12.3 Å². The zero-order chi connectivity index (χ0) is 12.9. The molecule has 0 radical (unpaired) electrons. The fraction of sp³-hybridized carbons (Fsp3) is 0.909. The highest BCUT2D eigenvalue weighted by Crippen LogP contribution is 2.27. The Morgan fingerprint density at radius 3 is 2.41 bits per heavy atom. The number of carbonyl (C=O) groups excluding carboxylic acids is 1. The van der Waals surface area contributed by atoms with Crippen LogP contribution in [0.25, 0.3) is 0 Å². The van der Waals surface area contributed by atoms with E-state index in [0.717, 1.165) is 25.7 Å². The molecule has 0 atom stereocenters. The first-order chi connectivity index (χ1) is 7.87. The molecule has 0 aromatic heterocycles. The van der Waals surface area contributed by atoms with Gasteiger partial charge in [0.15, 0.2) is 6.61 Å². The van der Waals surface area contributed by atoms with E-state index in [-0.39, 0.29) is 0 Å². The van der Waals surface area contributed by atoms with Gasteiger partial charge in [0.1, 0.15) is 0 Å². The Balaban J connectivity index is 2.11. The Morgan fingerprint density at radius 1 is 1.29 bits per heavy atom. The van der Waals surface area contributed by atoms with Gasteiger partial charge in [-0.15, -0.1) is 0 Å². The van der Waals surface area contributed by atoms with Crippen molar-refractivity contribution in [2.45, 2.75) is 38.8 Å². The molecule has 1 N–H and O–H groups in total. The smallest absolute Gasteiger partial charge is 0.422 e. The van der Waals surface area contributed by atoms with Crippen molar-refractivity contribution < 1.29 is 22.7 Å². The summed E-state index contributed by atoms with van der Waals surface area (Å²) in [6.45, 7) is 1.06. The van der Waals surface area contributed by atoms with Crippen LogP contribution in [0.3, 0.4) is 0 Å². The van der Waals surface area contributed by atoms with Crippen LogP contribution in [0.2, 0.25) is 0 Å². The number of alkyl carbamates (subject to hydrolysis) is 1. The van der Waals surface area contributed by atoms with Gasteiger partial charge in [-0.05, 0) is 24.7 Å². The summed E-state index contributed by atoms with van der Waals surface area (Å²) >= 11 is 0. The van der Waals surface area contributed by atoms with E-state index in [2.05, 4.69) is 17.0 Å². The van der Waals surface area contributed by atoms with E-state index in [1.165, 1.54) is 0 Å². The lowest BCUT2D eigenvalue weighted by Gasteiger charge is -2.26. The zero-order valence-electron chi connectivity index (χ0n) is 9.85. The minimum atomic E-state index is -4.46. The molecule has 17 heavy (non-hydrogen) atoms. The van der Waals surface area contributed by atoms with Gasteiger partial charge in [0.2, 0.25) is 0 Å². The van der Waals surface area contributed by atoms with Crippen molar-refractivity contribution in [2.24, 2.45) is 11.8 Å². The molecule has 0 unspecified atom stereocenters. The maximum absolute atomic E-state index is 11.7. The molecule has 0 aromatic rings. The Labute approximate surface area is 98.7 Å². The standard InChI is InChI=1S/C11H18F3NO2/c1-8-2-4-9(5-3-8)6-15-10(16)17-7-11(12,13)14/h8-9H,2-7H2,1H3,(H,15,16). The molecule has 6 heteroatoms. The topological polar surface area (TPSA) is 38.3 Å². The van der Waals surface area contributed by atoms with Crippen molar-refractivity contribution in [2.75, 3.05) is 13.2 Å². The number of hydrogen-bond donors (Lipinski definition) is 1. The highest BCUT2D eigenvalue weighted by molar-refractivity contribution is 5.67. The van der Waals surface area contributed by atoms with E-state index in [9.17, 15) is 18.0 Å². The van der Waals surface area contributed by atoms with E-state index < -0.39 is 18.9 Å². The Kier molecular flexibility index (Phi) is 5.08. The minimum Gasteiger partial charge on any atom is -0.440 e. The van der Waals surface area contributed by atoms with E-state index in [4.69, 9.17) is 0 Å². The second kappa shape index (κ2) is 6.12. The fourth-order valence-corrected chi connectivity index (χ4v) is 1.96. The maximum atomic E-state index is 11.7. The molecule has 1 rings (SSSR count). The Bertz CT molecular complexity index is 248. The number of hydrogen-bond acceptors (Lipinski definition) is 2. The van der Waals surface area contributed by atoms with Crippen molar-refractivity contribution in [3.05, 3.63) is 0 Å². The quantitative estimate of drug-likeness (QED) is 0.839. The highest BCUT2D eigenvalue weighted by Gasteiger charge is 2.29. The number of carbonyl (C=O) groups is 1. The Morgan fingerprint density at radius 2 is 1.88 bits per heavy atom. The zero-order valence-corrected chi connectivity index (χ0v) is 9.85. The lowest BCUT2D eigenvalue weighted by molar-refractivity contribution is -0.160. The van der Waals surface area contributed by atoms with Gasteiger partial charge in [-0.1, -0.05) is 19.8 Å². The van der Waals surface area contributed by atoms with Crippen molar-refractivity contribution in [1.82, 2.24) is 5.32 Å². The van der Waals surface area contributed by atoms with E-state index >= 15 is 0 Å². The molecule has 0 bridgehead atoms. The summed E-state index contributed by atoms with van der Waals surface area (Å²) in [4.78, 5) is 11.0. The summed E-state index contributed by atoms with van der Waals surface area (Å²) in [6.07, 6.45) is -1.19. The van der Waals surface area contributed by atoms with Crippen molar-refractivity contribution in [3.8, 4) is 0 Å². The Hall–Kier alpha value is -0.940. The van der Waals surface area contributed by atoms with Crippen LogP contribution in [0.1, 0.15) is 32.6 Å². The van der Waals surface area contributed by atoms with Crippen LogP contribution in [0.15, 0.2) is 0 Å². The third-order valence-corrected chi connectivity index (χ3v) is 3.04. The third kappa shape index (κ3) is 6.38. The molecule has 1 fully saturated rings. The van der Waals surface area contributed by atoms with Crippen molar-refractivity contribution in [1.29, 1.82) is 0 Å². The van der Waals surface area contributed by atoms with Crippen LogP contribution in [-0.4, -0.2) is 25.4 Å². The van der Waals surface area contributed by atoms with Crippen LogP contribution < -0.4 is 5.32 Å². The SMILES string of the molecule is CC1CCC(CNC(=O)OCC(F)(F)F)CC1. The van der Waals surface area contributed by atoms with Crippen LogP contribution in [0.5, 0.6) is 0 Å². The lowest BCUT2D eigenvalue weighted by Crippen LogP contribution is -2.33. The second-order valence-electron chi connectivity index (χ2n) is 4.70. The first-order valence-electron chi connectivity index (χ1n) is 5.84. The van der Waals surface area contributed by atoms with Crippen LogP contribution >= 0.6 is 0 Å². The molecule has 1 amide bonds. The molecule has 1 saturated carbocycles. The predicted molar refractivity (Wildman–Crippen MR) is 56.5 cm³/mol. The number of halogens is 3. The number of amides is 1. The molecule has 1 aliphatic carbocycles. The normalized spacial score (nSPS) is 25.4. The van der Waals surface area contributed by atoms with E-state index in [1.54, 1.807) is 0 Å². The van der Waals surface area contributed by atoms with Crippen LogP contribution in [0, 0.1) is 11.8 Å². The van der Waals surface area contributed by atoms with Gasteiger partial charge in [0.25, 0.3) is 0 Å². The van der Waals surface area contributed by atoms with Gasteiger partial charge in [-0.25, -0.2) is 4.79 Å². The number of ether oxygens (including phenoxy) is 1. The summed E-state index contributed by atoms with van der Waals surface area (Å²) in [7, 11) is 0. The molecule has 3 nitrogen and oxygen atoms in total. The van der Waals surface area contributed by atoms with Gasteiger partial charge < -0.3 is 10.1 Å². The lowest BCUT2D eigenvalue weighted by atomic mass is 9.83. The van der Waals surface area contributed by atoms with Crippen LogP contribution in [-0.2, 0) is 4.74 Å².